The lowest BCUT2D eigenvalue weighted by Gasteiger charge is -2.20. The SMILES string of the molecule is COc1ccc2c(-c3cc(OC)c(OC)c(OC)c3)cc(C)c(C(C)CO)c2c1. The lowest BCUT2D eigenvalue weighted by atomic mass is 9.86. The first-order valence-corrected chi connectivity index (χ1v) is 9.51. The average Bonchev–Trinajstić information content (AvgIpc) is 2.76. The first kappa shape index (κ1) is 20.8. The molecule has 1 N–H and O–H groups in total. The van der Waals surface area contributed by atoms with E-state index in [2.05, 4.69) is 19.1 Å². The molecule has 0 aliphatic heterocycles. The highest BCUT2D eigenvalue weighted by molar-refractivity contribution is 6.01. The van der Waals surface area contributed by atoms with Crippen LogP contribution in [-0.2, 0) is 0 Å². The first-order chi connectivity index (χ1) is 14.0. The van der Waals surface area contributed by atoms with E-state index in [0.717, 1.165) is 38.8 Å². The zero-order chi connectivity index (χ0) is 21.1. The minimum atomic E-state index is 0.0126. The summed E-state index contributed by atoms with van der Waals surface area (Å²) in [5.41, 5.74) is 4.24. The van der Waals surface area contributed by atoms with Gasteiger partial charge >= 0.3 is 0 Å². The van der Waals surface area contributed by atoms with Crippen molar-refractivity contribution in [3.05, 3.63) is 47.5 Å². The second-order valence-corrected chi connectivity index (χ2v) is 7.06. The number of benzene rings is 3. The van der Waals surface area contributed by atoms with Crippen LogP contribution in [0.1, 0.15) is 24.0 Å². The van der Waals surface area contributed by atoms with Crippen molar-refractivity contribution in [2.75, 3.05) is 35.0 Å². The Hall–Kier alpha value is -2.92. The number of hydrogen-bond donors (Lipinski definition) is 1. The van der Waals surface area contributed by atoms with E-state index < -0.39 is 0 Å². The Morgan fingerprint density at radius 2 is 1.48 bits per heavy atom. The Kier molecular flexibility index (Phi) is 6.18. The summed E-state index contributed by atoms with van der Waals surface area (Å²) in [6.07, 6.45) is 0. The van der Waals surface area contributed by atoms with E-state index >= 15 is 0 Å². The molecule has 29 heavy (non-hydrogen) atoms. The second kappa shape index (κ2) is 8.62. The van der Waals surface area contributed by atoms with Crippen LogP contribution in [0.5, 0.6) is 23.0 Å². The molecule has 3 aromatic carbocycles. The molecule has 0 aromatic heterocycles. The van der Waals surface area contributed by atoms with Gasteiger partial charge in [-0.2, -0.15) is 0 Å². The Morgan fingerprint density at radius 3 is 2.00 bits per heavy atom. The summed E-state index contributed by atoms with van der Waals surface area (Å²) in [7, 11) is 6.48. The van der Waals surface area contributed by atoms with Gasteiger partial charge in [0, 0.05) is 12.5 Å². The van der Waals surface area contributed by atoms with Crippen LogP contribution in [0.3, 0.4) is 0 Å². The number of ether oxygens (including phenoxy) is 4. The molecular formula is C24H28O5. The van der Waals surface area contributed by atoms with Gasteiger partial charge in [0.1, 0.15) is 5.75 Å². The highest BCUT2D eigenvalue weighted by Crippen LogP contribution is 2.44. The zero-order valence-electron chi connectivity index (χ0n) is 17.8. The number of aliphatic hydroxyl groups is 1. The van der Waals surface area contributed by atoms with Gasteiger partial charge in [0.05, 0.1) is 28.4 Å². The number of aryl methyl sites for hydroxylation is 1. The smallest absolute Gasteiger partial charge is 0.203 e. The summed E-state index contributed by atoms with van der Waals surface area (Å²) in [6.45, 7) is 4.18. The van der Waals surface area contributed by atoms with E-state index in [1.54, 1.807) is 28.4 Å². The van der Waals surface area contributed by atoms with Crippen molar-refractivity contribution in [2.24, 2.45) is 0 Å². The fourth-order valence-electron chi connectivity index (χ4n) is 3.91. The molecule has 0 saturated carbocycles. The quantitative estimate of drug-likeness (QED) is 0.613. The van der Waals surface area contributed by atoms with E-state index in [1.165, 1.54) is 0 Å². The minimum Gasteiger partial charge on any atom is -0.497 e. The summed E-state index contributed by atoms with van der Waals surface area (Å²) in [5.74, 6) is 2.57. The predicted molar refractivity (Wildman–Crippen MR) is 116 cm³/mol. The molecular weight excluding hydrogens is 368 g/mol. The van der Waals surface area contributed by atoms with Gasteiger partial charge in [0.2, 0.25) is 5.75 Å². The lowest BCUT2D eigenvalue weighted by Crippen LogP contribution is -2.04. The van der Waals surface area contributed by atoms with Gasteiger partial charge in [-0.15, -0.1) is 0 Å². The summed E-state index contributed by atoms with van der Waals surface area (Å²) in [6, 6.07) is 12.1. The van der Waals surface area contributed by atoms with Gasteiger partial charge in [0.25, 0.3) is 0 Å². The van der Waals surface area contributed by atoms with Crippen molar-refractivity contribution in [2.45, 2.75) is 19.8 Å². The third-order valence-electron chi connectivity index (χ3n) is 5.34. The van der Waals surface area contributed by atoms with Crippen molar-refractivity contribution >= 4 is 10.8 Å². The molecule has 0 fully saturated rings. The molecule has 5 heteroatoms. The fraction of sp³-hybridized carbons (Fsp3) is 0.333. The zero-order valence-corrected chi connectivity index (χ0v) is 17.8. The topological polar surface area (TPSA) is 57.2 Å². The van der Waals surface area contributed by atoms with Crippen molar-refractivity contribution in [1.29, 1.82) is 0 Å². The van der Waals surface area contributed by atoms with Crippen molar-refractivity contribution < 1.29 is 24.1 Å². The van der Waals surface area contributed by atoms with Gasteiger partial charge < -0.3 is 24.1 Å². The molecule has 3 rings (SSSR count). The standard InChI is InChI=1S/C24H28O5/c1-14-9-19(16-10-21(27-4)24(29-6)22(11-16)28-5)18-8-7-17(26-3)12-20(18)23(14)15(2)13-25/h7-12,15,25H,13H2,1-6H3. The Bertz CT molecular complexity index is 1000. The Morgan fingerprint density at radius 1 is 0.828 bits per heavy atom. The molecule has 0 amide bonds. The number of hydrogen-bond acceptors (Lipinski definition) is 5. The molecule has 0 aliphatic rings. The monoisotopic (exact) mass is 396 g/mol. The maximum atomic E-state index is 9.80. The number of aliphatic hydroxyl groups excluding tert-OH is 1. The van der Waals surface area contributed by atoms with Crippen molar-refractivity contribution in [3.63, 3.8) is 0 Å². The van der Waals surface area contributed by atoms with Gasteiger partial charge in [0.15, 0.2) is 11.5 Å². The molecule has 0 aliphatic carbocycles. The average molecular weight is 396 g/mol. The van der Waals surface area contributed by atoms with E-state index in [0.29, 0.717) is 17.2 Å². The number of fused-ring (bicyclic) bond motifs is 1. The van der Waals surface area contributed by atoms with Crippen LogP contribution in [0.15, 0.2) is 36.4 Å². The highest BCUT2D eigenvalue weighted by Gasteiger charge is 2.19. The molecule has 3 aromatic rings. The lowest BCUT2D eigenvalue weighted by molar-refractivity contribution is 0.273. The maximum Gasteiger partial charge on any atom is 0.203 e. The third-order valence-corrected chi connectivity index (χ3v) is 5.34. The summed E-state index contributed by atoms with van der Waals surface area (Å²) in [4.78, 5) is 0. The molecule has 1 atom stereocenters. The molecule has 0 heterocycles. The predicted octanol–water partition coefficient (Wildman–Crippen LogP) is 4.95. The van der Waals surface area contributed by atoms with Gasteiger partial charge in [-0.3, -0.25) is 0 Å². The first-order valence-electron chi connectivity index (χ1n) is 9.51. The second-order valence-electron chi connectivity index (χ2n) is 7.06. The number of rotatable bonds is 7. The molecule has 0 bridgehead atoms. The van der Waals surface area contributed by atoms with E-state index in [-0.39, 0.29) is 12.5 Å². The van der Waals surface area contributed by atoms with E-state index in [9.17, 15) is 5.11 Å². The van der Waals surface area contributed by atoms with Gasteiger partial charge in [-0.25, -0.2) is 0 Å². The van der Waals surface area contributed by atoms with Crippen molar-refractivity contribution in [1.82, 2.24) is 0 Å². The molecule has 5 nitrogen and oxygen atoms in total. The third kappa shape index (κ3) is 3.70. The van der Waals surface area contributed by atoms with Crippen molar-refractivity contribution in [3.8, 4) is 34.1 Å². The number of methoxy groups -OCH3 is 4. The molecule has 0 spiro atoms. The van der Waals surface area contributed by atoms with Crippen LogP contribution in [0, 0.1) is 6.92 Å². The Balaban J connectivity index is 2.37. The van der Waals surface area contributed by atoms with Crippen LogP contribution >= 0.6 is 0 Å². The summed E-state index contributed by atoms with van der Waals surface area (Å²) < 4.78 is 22.0. The van der Waals surface area contributed by atoms with Crippen LogP contribution in [0.25, 0.3) is 21.9 Å². The van der Waals surface area contributed by atoms with Crippen LogP contribution in [0.4, 0.5) is 0 Å². The molecule has 0 saturated heterocycles. The van der Waals surface area contributed by atoms with E-state index in [4.69, 9.17) is 18.9 Å². The van der Waals surface area contributed by atoms with Gasteiger partial charge in [-0.05, 0) is 64.2 Å². The summed E-state index contributed by atoms with van der Waals surface area (Å²) >= 11 is 0. The van der Waals surface area contributed by atoms with Gasteiger partial charge in [-0.1, -0.05) is 19.1 Å². The highest BCUT2D eigenvalue weighted by atomic mass is 16.5. The molecule has 0 radical (unpaired) electrons. The normalized spacial score (nSPS) is 12.0. The van der Waals surface area contributed by atoms with Crippen LogP contribution in [0.2, 0.25) is 0 Å². The van der Waals surface area contributed by atoms with Crippen LogP contribution in [-0.4, -0.2) is 40.2 Å². The minimum absolute atomic E-state index is 0.0126. The largest absolute Gasteiger partial charge is 0.497 e. The molecule has 1 unspecified atom stereocenters. The maximum absolute atomic E-state index is 9.80. The summed E-state index contributed by atoms with van der Waals surface area (Å²) in [5, 5.41) is 11.9. The fourth-order valence-corrected chi connectivity index (χ4v) is 3.91. The molecule has 154 valence electrons. The van der Waals surface area contributed by atoms with E-state index in [1.807, 2.05) is 31.2 Å². The Labute approximate surface area is 171 Å². The van der Waals surface area contributed by atoms with Crippen LogP contribution < -0.4 is 18.9 Å².